The Balaban J connectivity index is 2.07. The van der Waals surface area contributed by atoms with Crippen LogP contribution in [0.2, 0.25) is 0 Å². The van der Waals surface area contributed by atoms with Crippen molar-refractivity contribution in [1.29, 1.82) is 0 Å². The fourth-order valence-electron chi connectivity index (χ4n) is 2.68. The van der Waals surface area contributed by atoms with Gasteiger partial charge in [0.15, 0.2) is 0 Å². The molecule has 0 spiro atoms. The molecule has 0 amide bonds. The van der Waals surface area contributed by atoms with Crippen molar-refractivity contribution in [3.8, 4) is 5.88 Å². The summed E-state index contributed by atoms with van der Waals surface area (Å²) in [5.41, 5.74) is 6.01. The number of nitrogens with two attached hydrogens (primary N) is 1. The summed E-state index contributed by atoms with van der Waals surface area (Å²) in [7, 11) is 0. The van der Waals surface area contributed by atoms with E-state index in [0.29, 0.717) is 19.0 Å². The number of pyridine rings is 1. The molecule has 0 saturated heterocycles. The Kier molecular flexibility index (Phi) is 4.64. The van der Waals surface area contributed by atoms with Crippen molar-refractivity contribution >= 4 is 5.82 Å². The van der Waals surface area contributed by atoms with E-state index < -0.39 is 0 Å². The van der Waals surface area contributed by atoms with Crippen LogP contribution in [0.25, 0.3) is 0 Å². The minimum atomic E-state index is 0.00431. The number of rotatable bonds is 5. The maximum Gasteiger partial charge on any atom is 0.215 e. The van der Waals surface area contributed by atoms with E-state index in [4.69, 9.17) is 10.5 Å². The van der Waals surface area contributed by atoms with E-state index in [-0.39, 0.29) is 5.54 Å². The zero-order valence-electron chi connectivity index (χ0n) is 12.0. The van der Waals surface area contributed by atoms with Gasteiger partial charge in [-0.1, -0.05) is 13.0 Å². The molecule has 3 N–H and O–H groups in total. The van der Waals surface area contributed by atoms with Gasteiger partial charge in [-0.05, 0) is 44.6 Å². The topological polar surface area (TPSA) is 60.2 Å². The van der Waals surface area contributed by atoms with Crippen LogP contribution in [0.15, 0.2) is 18.2 Å². The summed E-state index contributed by atoms with van der Waals surface area (Å²) in [5, 5.41) is 3.55. The van der Waals surface area contributed by atoms with Crippen LogP contribution < -0.4 is 15.8 Å². The largest absolute Gasteiger partial charge is 0.478 e. The average molecular weight is 263 g/mol. The number of ether oxygens (including phenoxy) is 1. The Morgan fingerprint density at radius 3 is 2.79 bits per heavy atom. The third-order valence-electron chi connectivity index (χ3n) is 4.03. The second-order valence-electron chi connectivity index (χ2n) is 5.59. The molecular weight excluding hydrogens is 238 g/mol. The first-order valence-electron chi connectivity index (χ1n) is 7.25. The summed E-state index contributed by atoms with van der Waals surface area (Å²) in [6.07, 6.45) is 4.70. The highest BCUT2D eigenvalue weighted by atomic mass is 16.5. The summed E-state index contributed by atoms with van der Waals surface area (Å²) >= 11 is 0. The maximum atomic E-state index is 6.01. The van der Waals surface area contributed by atoms with Crippen molar-refractivity contribution in [1.82, 2.24) is 4.98 Å². The first-order valence-corrected chi connectivity index (χ1v) is 7.25. The van der Waals surface area contributed by atoms with Gasteiger partial charge in [0.2, 0.25) is 5.88 Å². The molecule has 1 heterocycles. The van der Waals surface area contributed by atoms with Gasteiger partial charge in [-0.15, -0.1) is 0 Å². The van der Waals surface area contributed by atoms with E-state index in [9.17, 15) is 0 Å². The van der Waals surface area contributed by atoms with E-state index >= 15 is 0 Å². The molecule has 0 atom stereocenters. The number of hydrogen-bond acceptors (Lipinski definition) is 4. The van der Waals surface area contributed by atoms with Crippen LogP contribution in [0.3, 0.4) is 0 Å². The minimum Gasteiger partial charge on any atom is -0.478 e. The van der Waals surface area contributed by atoms with E-state index in [2.05, 4.69) is 17.2 Å². The number of nitrogens with one attached hydrogen (secondary N) is 1. The van der Waals surface area contributed by atoms with E-state index in [1.807, 2.05) is 25.1 Å². The van der Waals surface area contributed by atoms with Gasteiger partial charge >= 0.3 is 0 Å². The molecule has 2 rings (SSSR count). The lowest BCUT2D eigenvalue weighted by atomic mass is 9.77. The van der Waals surface area contributed by atoms with Gasteiger partial charge in [-0.2, -0.15) is 4.98 Å². The predicted octanol–water partition coefficient (Wildman–Crippen LogP) is 2.80. The molecule has 1 saturated carbocycles. The molecule has 0 bridgehead atoms. The lowest BCUT2D eigenvalue weighted by molar-refractivity contribution is 0.270. The van der Waals surface area contributed by atoms with Crippen molar-refractivity contribution in [2.75, 3.05) is 18.5 Å². The van der Waals surface area contributed by atoms with Crippen molar-refractivity contribution in [3.63, 3.8) is 0 Å². The molecule has 19 heavy (non-hydrogen) atoms. The van der Waals surface area contributed by atoms with Gasteiger partial charge < -0.3 is 15.8 Å². The second-order valence-corrected chi connectivity index (χ2v) is 5.59. The number of aromatic nitrogens is 1. The van der Waals surface area contributed by atoms with Crippen LogP contribution in [0, 0.1) is 5.92 Å². The molecule has 106 valence electrons. The molecule has 0 aliphatic heterocycles. The van der Waals surface area contributed by atoms with Gasteiger partial charge in [-0.3, -0.25) is 0 Å². The Bertz CT molecular complexity index is 400. The lowest BCUT2D eigenvalue weighted by Crippen LogP contribution is -2.48. The van der Waals surface area contributed by atoms with Gasteiger partial charge in [0.05, 0.1) is 12.1 Å². The molecular formula is C15H25N3O. The van der Waals surface area contributed by atoms with Gasteiger partial charge in [0.1, 0.15) is 5.82 Å². The Morgan fingerprint density at radius 1 is 1.42 bits per heavy atom. The Morgan fingerprint density at radius 2 is 2.16 bits per heavy atom. The highest BCUT2D eigenvalue weighted by Gasteiger charge is 2.33. The molecule has 4 heteroatoms. The first-order chi connectivity index (χ1) is 9.17. The van der Waals surface area contributed by atoms with Crippen LogP contribution in [0.1, 0.15) is 39.5 Å². The van der Waals surface area contributed by atoms with Crippen molar-refractivity contribution in [2.24, 2.45) is 11.7 Å². The average Bonchev–Trinajstić information content (AvgIpc) is 2.43. The zero-order chi connectivity index (χ0) is 13.7. The fraction of sp³-hybridized carbons (Fsp3) is 0.667. The molecule has 1 fully saturated rings. The smallest absolute Gasteiger partial charge is 0.215 e. The van der Waals surface area contributed by atoms with Gasteiger partial charge in [0.25, 0.3) is 0 Å². The van der Waals surface area contributed by atoms with Crippen LogP contribution in [-0.4, -0.2) is 23.7 Å². The molecule has 1 aromatic heterocycles. The molecule has 0 radical (unpaired) electrons. The SMILES string of the molecule is CCOc1cccc(NC2(CN)CCC(C)CC2)n1. The predicted molar refractivity (Wildman–Crippen MR) is 78.4 cm³/mol. The summed E-state index contributed by atoms with van der Waals surface area (Å²) in [6.45, 7) is 5.57. The summed E-state index contributed by atoms with van der Waals surface area (Å²) in [5.74, 6) is 2.35. The molecule has 0 unspecified atom stereocenters. The van der Waals surface area contributed by atoms with E-state index in [1.54, 1.807) is 0 Å². The van der Waals surface area contributed by atoms with Crippen LogP contribution in [0.4, 0.5) is 5.82 Å². The van der Waals surface area contributed by atoms with Crippen molar-refractivity contribution in [3.05, 3.63) is 18.2 Å². The number of hydrogen-bond donors (Lipinski definition) is 2. The number of anilines is 1. The standard InChI is InChI=1S/C15H25N3O/c1-3-19-14-6-4-5-13(17-14)18-15(11-16)9-7-12(2)8-10-15/h4-6,12H,3,7-11,16H2,1-2H3,(H,17,18). The van der Waals surface area contributed by atoms with Gasteiger partial charge in [0, 0.05) is 12.6 Å². The summed E-state index contributed by atoms with van der Waals surface area (Å²) in [6, 6.07) is 5.83. The van der Waals surface area contributed by atoms with Crippen molar-refractivity contribution in [2.45, 2.75) is 45.1 Å². The molecule has 1 aliphatic carbocycles. The molecule has 1 aliphatic rings. The second kappa shape index (κ2) is 6.24. The lowest BCUT2D eigenvalue weighted by Gasteiger charge is -2.39. The highest BCUT2D eigenvalue weighted by Crippen LogP contribution is 2.33. The zero-order valence-corrected chi connectivity index (χ0v) is 12.0. The monoisotopic (exact) mass is 263 g/mol. The third-order valence-corrected chi connectivity index (χ3v) is 4.03. The minimum absolute atomic E-state index is 0.00431. The molecule has 1 aromatic rings. The number of nitrogens with zero attached hydrogens (tertiary/aromatic N) is 1. The van der Waals surface area contributed by atoms with Gasteiger partial charge in [-0.25, -0.2) is 0 Å². The maximum absolute atomic E-state index is 6.01. The quantitative estimate of drug-likeness (QED) is 0.857. The highest BCUT2D eigenvalue weighted by molar-refractivity contribution is 5.40. The van der Waals surface area contributed by atoms with Crippen LogP contribution >= 0.6 is 0 Å². The fourth-order valence-corrected chi connectivity index (χ4v) is 2.68. The third kappa shape index (κ3) is 3.60. The summed E-state index contributed by atoms with van der Waals surface area (Å²) in [4.78, 5) is 4.48. The van der Waals surface area contributed by atoms with Crippen molar-refractivity contribution < 1.29 is 4.74 Å². The molecule has 4 nitrogen and oxygen atoms in total. The normalized spacial score (nSPS) is 27.0. The Labute approximate surface area is 115 Å². The first kappa shape index (κ1) is 14.1. The Hall–Kier alpha value is -1.29. The molecule has 0 aromatic carbocycles. The van der Waals surface area contributed by atoms with Crippen LogP contribution in [0.5, 0.6) is 5.88 Å². The van der Waals surface area contributed by atoms with E-state index in [1.165, 1.54) is 12.8 Å². The van der Waals surface area contributed by atoms with Crippen LogP contribution in [-0.2, 0) is 0 Å². The van der Waals surface area contributed by atoms with E-state index in [0.717, 1.165) is 24.6 Å². The summed E-state index contributed by atoms with van der Waals surface area (Å²) < 4.78 is 5.44.